The molecule has 1 saturated heterocycles. The largest absolute Gasteiger partial charge is 0.493 e. The average Bonchev–Trinajstić information content (AvgIpc) is 3.16. The molecule has 28 heavy (non-hydrogen) atoms. The highest BCUT2D eigenvalue weighted by Gasteiger charge is 2.29. The van der Waals surface area contributed by atoms with Crippen molar-refractivity contribution < 1.29 is 18.1 Å². The van der Waals surface area contributed by atoms with Crippen LogP contribution in [0.2, 0.25) is 0 Å². The Kier molecular flexibility index (Phi) is 5.05. The van der Waals surface area contributed by atoms with E-state index in [4.69, 9.17) is 4.74 Å². The van der Waals surface area contributed by atoms with Gasteiger partial charge < -0.3 is 4.74 Å². The molecule has 2 heterocycles. The maximum absolute atomic E-state index is 12.8. The van der Waals surface area contributed by atoms with Crippen LogP contribution < -0.4 is 4.74 Å². The number of hydrogen-bond donors (Lipinski definition) is 0. The fourth-order valence-corrected chi connectivity index (χ4v) is 5.04. The van der Waals surface area contributed by atoms with Crippen molar-refractivity contribution in [2.75, 3.05) is 32.8 Å². The minimum atomic E-state index is -3.64. The highest BCUT2D eigenvalue weighted by Crippen LogP contribution is 2.27. The van der Waals surface area contributed by atoms with Crippen LogP contribution in [0.15, 0.2) is 47.4 Å². The number of benzene rings is 2. The minimum absolute atomic E-state index is 0.0881. The van der Waals surface area contributed by atoms with Gasteiger partial charge in [-0.3, -0.25) is 15.0 Å². The normalized spacial score (nSPS) is 17.9. The van der Waals surface area contributed by atoms with Gasteiger partial charge in [-0.15, -0.1) is 0 Å². The SMILES string of the molecule is O=[N+]([O-])c1ccc(S(=O)(=O)N2CCN(Cc3ccc4c(c3)CCO4)CC2)cc1. The monoisotopic (exact) mass is 403 g/mol. The second kappa shape index (κ2) is 7.50. The molecule has 0 unspecified atom stereocenters. The first kappa shape index (κ1) is 18.9. The molecule has 2 aromatic rings. The summed E-state index contributed by atoms with van der Waals surface area (Å²) in [5.74, 6) is 0.961. The third-order valence-electron chi connectivity index (χ3n) is 5.18. The number of piperazine rings is 1. The van der Waals surface area contributed by atoms with Crippen LogP contribution in [0.1, 0.15) is 11.1 Å². The van der Waals surface area contributed by atoms with E-state index in [1.807, 2.05) is 6.07 Å². The van der Waals surface area contributed by atoms with Crippen molar-refractivity contribution in [2.45, 2.75) is 17.9 Å². The quantitative estimate of drug-likeness (QED) is 0.560. The van der Waals surface area contributed by atoms with Gasteiger partial charge in [0.05, 0.1) is 16.4 Å². The zero-order valence-corrected chi connectivity index (χ0v) is 16.1. The molecule has 0 saturated carbocycles. The predicted molar refractivity (Wildman–Crippen MR) is 103 cm³/mol. The Morgan fingerprint density at radius 3 is 2.43 bits per heavy atom. The summed E-state index contributed by atoms with van der Waals surface area (Å²) in [6.45, 7) is 3.58. The summed E-state index contributed by atoms with van der Waals surface area (Å²) in [6.07, 6.45) is 0.935. The summed E-state index contributed by atoms with van der Waals surface area (Å²) < 4.78 is 32.5. The van der Waals surface area contributed by atoms with E-state index in [2.05, 4.69) is 17.0 Å². The Bertz CT molecular complexity index is 983. The summed E-state index contributed by atoms with van der Waals surface area (Å²) in [7, 11) is -3.64. The van der Waals surface area contributed by atoms with Gasteiger partial charge in [-0.2, -0.15) is 4.31 Å². The second-order valence-electron chi connectivity index (χ2n) is 6.97. The van der Waals surface area contributed by atoms with Crippen LogP contribution >= 0.6 is 0 Å². The Labute approximate surface area is 163 Å². The Hall–Kier alpha value is -2.49. The van der Waals surface area contributed by atoms with Gasteiger partial charge in [-0.1, -0.05) is 12.1 Å². The van der Waals surface area contributed by atoms with Gasteiger partial charge in [-0.05, 0) is 29.3 Å². The van der Waals surface area contributed by atoms with E-state index in [0.29, 0.717) is 26.2 Å². The summed E-state index contributed by atoms with van der Waals surface area (Å²) in [5.41, 5.74) is 2.32. The van der Waals surface area contributed by atoms with Gasteiger partial charge in [0.25, 0.3) is 5.69 Å². The molecule has 0 bridgehead atoms. The lowest BCUT2D eigenvalue weighted by Gasteiger charge is -2.34. The Balaban J connectivity index is 1.38. The van der Waals surface area contributed by atoms with Gasteiger partial charge in [-0.25, -0.2) is 8.42 Å². The zero-order chi connectivity index (χ0) is 19.7. The molecule has 0 aliphatic carbocycles. The van der Waals surface area contributed by atoms with Crippen LogP contribution in [-0.4, -0.2) is 55.3 Å². The molecular formula is C19H21N3O5S. The lowest BCUT2D eigenvalue weighted by atomic mass is 10.1. The molecule has 0 radical (unpaired) electrons. The van der Waals surface area contributed by atoms with Gasteiger partial charge in [0.15, 0.2) is 0 Å². The van der Waals surface area contributed by atoms with Crippen molar-refractivity contribution >= 4 is 15.7 Å². The molecule has 0 spiro atoms. The van der Waals surface area contributed by atoms with Crippen LogP contribution in [0, 0.1) is 10.1 Å². The Morgan fingerprint density at radius 1 is 1.04 bits per heavy atom. The summed E-state index contributed by atoms with van der Waals surface area (Å²) in [5, 5.41) is 10.7. The molecule has 0 N–H and O–H groups in total. The van der Waals surface area contributed by atoms with Crippen LogP contribution in [0.4, 0.5) is 5.69 Å². The lowest BCUT2D eigenvalue weighted by molar-refractivity contribution is -0.384. The molecular weight excluding hydrogens is 382 g/mol. The highest BCUT2D eigenvalue weighted by atomic mass is 32.2. The molecule has 0 amide bonds. The first-order valence-electron chi connectivity index (χ1n) is 9.15. The third kappa shape index (κ3) is 3.73. The number of sulfonamides is 1. The van der Waals surface area contributed by atoms with Crippen LogP contribution in [0.5, 0.6) is 5.75 Å². The highest BCUT2D eigenvalue weighted by molar-refractivity contribution is 7.89. The number of fused-ring (bicyclic) bond motifs is 1. The maximum atomic E-state index is 12.8. The molecule has 2 aliphatic heterocycles. The van der Waals surface area contributed by atoms with E-state index >= 15 is 0 Å². The summed E-state index contributed by atoms with van der Waals surface area (Å²) in [4.78, 5) is 12.5. The van der Waals surface area contributed by atoms with Gasteiger partial charge >= 0.3 is 0 Å². The number of ether oxygens (including phenoxy) is 1. The van der Waals surface area contributed by atoms with Crippen LogP contribution in [0.3, 0.4) is 0 Å². The van der Waals surface area contributed by atoms with Crippen LogP contribution in [0.25, 0.3) is 0 Å². The molecule has 2 aromatic carbocycles. The van der Waals surface area contributed by atoms with E-state index in [9.17, 15) is 18.5 Å². The van der Waals surface area contributed by atoms with Crippen molar-refractivity contribution in [1.82, 2.24) is 9.21 Å². The average molecular weight is 403 g/mol. The Morgan fingerprint density at radius 2 is 1.75 bits per heavy atom. The molecule has 0 atom stereocenters. The first-order chi connectivity index (χ1) is 13.4. The van der Waals surface area contributed by atoms with Gasteiger partial charge in [0.2, 0.25) is 10.0 Å². The number of nitro groups is 1. The molecule has 8 nitrogen and oxygen atoms in total. The summed E-state index contributed by atoms with van der Waals surface area (Å²) in [6, 6.07) is 11.3. The van der Waals surface area contributed by atoms with E-state index in [-0.39, 0.29) is 10.6 Å². The second-order valence-corrected chi connectivity index (χ2v) is 8.91. The number of nitro benzene ring substituents is 1. The van der Waals surface area contributed by atoms with E-state index in [1.54, 1.807) is 0 Å². The van der Waals surface area contributed by atoms with Gasteiger partial charge in [0.1, 0.15) is 5.75 Å². The first-order valence-corrected chi connectivity index (χ1v) is 10.6. The van der Waals surface area contributed by atoms with Crippen molar-refractivity contribution in [1.29, 1.82) is 0 Å². The maximum Gasteiger partial charge on any atom is 0.269 e. The smallest absolute Gasteiger partial charge is 0.269 e. The van der Waals surface area contributed by atoms with E-state index < -0.39 is 14.9 Å². The summed E-state index contributed by atoms with van der Waals surface area (Å²) >= 11 is 0. The molecule has 2 aliphatic rings. The number of non-ortho nitro benzene ring substituents is 1. The minimum Gasteiger partial charge on any atom is -0.493 e. The number of rotatable bonds is 5. The molecule has 9 heteroatoms. The van der Waals surface area contributed by atoms with Gasteiger partial charge in [0, 0.05) is 51.3 Å². The molecule has 0 aromatic heterocycles. The third-order valence-corrected chi connectivity index (χ3v) is 7.09. The topological polar surface area (TPSA) is 93.0 Å². The molecule has 1 fully saturated rings. The lowest BCUT2D eigenvalue weighted by Crippen LogP contribution is -2.48. The van der Waals surface area contributed by atoms with Crippen molar-refractivity contribution in [3.8, 4) is 5.75 Å². The standard InChI is InChI=1S/C19H21N3O5S/c23-22(24)17-2-4-18(5-3-17)28(25,26)21-10-8-20(9-11-21)14-15-1-6-19-16(13-15)7-12-27-19/h1-6,13H,7-12,14H2. The van der Waals surface area contributed by atoms with E-state index in [1.165, 1.54) is 39.7 Å². The van der Waals surface area contributed by atoms with E-state index in [0.717, 1.165) is 25.3 Å². The van der Waals surface area contributed by atoms with Crippen molar-refractivity contribution in [3.63, 3.8) is 0 Å². The fraction of sp³-hybridized carbons (Fsp3) is 0.368. The van der Waals surface area contributed by atoms with Crippen LogP contribution in [-0.2, 0) is 23.0 Å². The number of hydrogen-bond acceptors (Lipinski definition) is 6. The predicted octanol–water partition coefficient (Wildman–Crippen LogP) is 2.04. The molecule has 4 rings (SSSR count). The fourth-order valence-electron chi connectivity index (χ4n) is 3.61. The molecule has 148 valence electrons. The van der Waals surface area contributed by atoms with Crippen molar-refractivity contribution in [3.05, 3.63) is 63.7 Å². The number of nitrogens with zero attached hydrogens (tertiary/aromatic N) is 3. The zero-order valence-electron chi connectivity index (χ0n) is 15.3. The van der Waals surface area contributed by atoms with Crippen molar-refractivity contribution in [2.24, 2.45) is 0 Å².